The SMILES string of the molecule is C=C(C)c1cnc2[nH]ccc2c1OCc1ccccc1. The van der Waals surface area contributed by atoms with Crippen LogP contribution in [0.1, 0.15) is 18.1 Å². The maximum atomic E-state index is 6.04. The molecule has 3 heteroatoms. The van der Waals surface area contributed by atoms with Crippen LogP contribution in [0, 0.1) is 0 Å². The summed E-state index contributed by atoms with van der Waals surface area (Å²) in [6.45, 7) is 6.50. The summed E-state index contributed by atoms with van der Waals surface area (Å²) in [5.74, 6) is 0.840. The summed E-state index contributed by atoms with van der Waals surface area (Å²) in [5.41, 5.74) is 3.87. The van der Waals surface area contributed by atoms with Crippen molar-refractivity contribution < 1.29 is 4.74 Å². The number of nitrogens with one attached hydrogen (secondary N) is 1. The van der Waals surface area contributed by atoms with Crippen molar-refractivity contribution in [3.8, 4) is 5.75 Å². The number of fused-ring (bicyclic) bond motifs is 1. The van der Waals surface area contributed by atoms with Crippen LogP contribution in [0.15, 0.2) is 55.4 Å². The van der Waals surface area contributed by atoms with Crippen molar-refractivity contribution in [3.63, 3.8) is 0 Å². The molecule has 0 bridgehead atoms. The van der Waals surface area contributed by atoms with Crippen molar-refractivity contribution in [2.24, 2.45) is 0 Å². The van der Waals surface area contributed by atoms with Gasteiger partial charge in [0.05, 0.1) is 5.39 Å². The van der Waals surface area contributed by atoms with Crippen LogP contribution >= 0.6 is 0 Å². The monoisotopic (exact) mass is 264 g/mol. The van der Waals surface area contributed by atoms with Crippen molar-refractivity contribution in [3.05, 3.63) is 66.5 Å². The van der Waals surface area contributed by atoms with Gasteiger partial charge in [0.2, 0.25) is 0 Å². The third-order valence-corrected chi connectivity index (χ3v) is 3.22. The Hall–Kier alpha value is -2.55. The van der Waals surface area contributed by atoms with Crippen molar-refractivity contribution in [2.45, 2.75) is 13.5 Å². The van der Waals surface area contributed by atoms with E-state index in [4.69, 9.17) is 4.74 Å². The van der Waals surface area contributed by atoms with Gasteiger partial charge in [-0.15, -0.1) is 0 Å². The topological polar surface area (TPSA) is 37.9 Å². The average molecular weight is 264 g/mol. The summed E-state index contributed by atoms with van der Waals surface area (Å²) >= 11 is 0. The van der Waals surface area contributed by atoms with E-state index < -0.39 is 0 Å². The fourth-order valence-corrected chi connectivity index (χ4v) is 2.17. The van der Waals surface area contributed by atoms with Gasteiger partial charge in [-0.05, 0) is 24.1 Å². The molecule has 1 aromatic carbocycles. The number of allylic oxidation sites excluding steroid dienone is 1. The predicted octanol–water partition coefficient (Wildman–Crippen LogP) is 4.18. The lowest BCUT2D eigenvalue weighted by Crippen LogP contribution is -1.99. The quantitative estimate of drug-likeness (QED) is 0.767. The summed E-state index contributed by atoms with van der Waals surface area (Å²) in [6, 6.07) is 12.1. The van der Waals surface area contributed by atoms with Gasteiger partial charge in [-0.25, -0.2) is 4.98 Å². The molecule has 2 heterocycles. The lowest BCUT2D eigenvalue weighted by Gasteiger charge is -2.12. The largest absolute Gasteiger partial charge is 0.487 e. The van der Waals surface area contributed by atoms with Gasteiger partial charge >= 0.3 is 0 Å². The summed E-state index contributed by atoms with van der Waals surface area (Å²) in [5, 5.41) is 0.987. The second kappa shape index (κ2) is 5.21. The number of aromatic nitrogens is 2. The van der Waals surface area contributed by atoms with E-state index in [9.17, 15) is 0 Å². The highest BCUT2D eigenvalue weighted by Crippen LogP contribution is 2.32. The highest BCUT2D eigenvalue weighted by molar-refractivity contribution is 5.88. The van der Waals surface area contributed by atoms with E-state index in [0.717, 1.165) is 33.5 Å². The van der Waals surface area contributed by atoms with E-state index in [0.29, 0.717) is 6.61 Å². The highest BCUT2D eigenvalue weighted by Gasteiger charge is 2.11. The molecule has 0 aliphatic rings. The molecule has 1 N–H and O–H groups in total. The fraction of sp³-hybridized carbons (Fsp3) is 0.118. The molecule has 2 aromatic heterocycles. The van der Waals surface area contributed by atoms with Crippen molar-refractivity contribution >= 4 is 16.6 Å². The molecule has 0 saturated carbocycles. The first-order valence-electron chi connectivity index (χ1n) is 6.54. The van der Waals surface area contributed by atoms with Gasteiger partial charge in [0.1, 0.15) is 18.0 Å². The number of ether oxygens (including phenoxy) is 1. The van der Waals surface area contributed by atoms with Gasteiger partial charge in [-0.1, -0.05) is 36.9 Å². The van der Waals surface area contributed by atoms with Crippen LogP contribution in [0.4, 0.5) is 0 Å². The molecular formula is C17H16N2O. The second-order valence-electron chi connectivity index (χ2n) is 4.80. The number of rotatable bonds is 4. The molecule has 0 aliphatic heterocycles. The lowest BCUT2D eigenvalue weighted by atomic mass is 10.1. The molecule has 0 amide bonds. The molecule has 3 rings (SSSR count). The number of H-pyrrole nitrogens is 1. The van der Waals surface area contributed by atoms with E-state index in [2.05, 4.69) is 28.7 Å². The highest BCUT2D eigenvalue weighted by atomic mass is 16.5. The molecule has 0 atom stereocenters. The summed E-state index contributed by atoms with van der Waals surface area (Å²) in [7, 11) is 0. The average Bonchev–Trinajstić information content (AvgIpc) is 2.94. The van der Waals surface area contributed by atoms with Gasteiger partial charge in [-0.3, -0.25) is 0 Å². The third kappa shape index (κ3) is 2.30. The van der Waals surface area contributed by atoms with Crippen LogP contribution in [-0.4, -0.2) is 9.97 Å². The van der Waals surface area contributed by atoms with E-state index in [1.807, 2.05) is 43.6 Å². The molecule has 3 nitrogen and oxygen atoms in total. The first-order valence-corrected chi connectivity index (χ1v) is 6.54. The number of benzene rings is 1. The van der Waals surface area contributed by atoms with Gasteiger partial charge in [0.15, 0.2) is 0 Å². The smallest absolute Gasteiger partial charge is 0.141 e. The minimum absolute atomic E-state index is 0.533. The summed E-state index contributed by atoms with van der Waals surface area (Å²) < 4.78 is 6.04. The maximum absolute atomic E-state index is 6.04. The zero-order valence-corrected chi connectivity index (χ0v) is 11.4. The third-order valence-electron chi connectivity index (χ3n) is 3.22. The molecule has 20 heavy (non-hydrogen) atoms. The molecule has 0 fully saturated rings. The van der Waals surface area contributed by atoms with E-state index in [1.165, 1.54) is 0 Å². The van der Waals surface area contributed by atoms with Crippen LogP contribution in [0.5, 0.6) is 5.75 Å². The minimum atomic E-state index is 0.533. The standard InChI is InChI=1S/C17H16N2O/c1-12(2)15-10-19-17-14(8-9-18-17)16(15)20-11-13-6-4-3-5-7-13/h3-10H,1,11H2,2H3,(H,18,19). The Bertz CT molecular complexity index is 744. The van der Waals surface area contributed by atoms with Crippen LogP contribution in [0.3, 0.4) is 0 Å². The predicted molar refractivity (Wildman–Crippen MR) is 81.6 cm³/mol. The molecule has 0 spiro atoms. The Balaban J connectivity index is 1.98. The molecule has 0 radical (unpaired) electrons. The van der Waals surface area contributed by atoms with Crippen LogP contribution < -0.4 is 4.74 Å². The van der Waals surface area contributed by atoms with Gasteiger partial charge < -0.3 is 9.72 Å². The van der Waals surface area contributed by atoms with Gasteiger partial charge in [0.25, 0.3) is 0 Å². The molecular weight excluding hydrogens is 248 g/mol. The van der Waals surface area contributed by atoms with E-state index in [-0.39, 0.29) is 0 Å². The van der Waals surface area contributed by atoms with Crippen LogP contribution in [-0.2, 0) is 6.61 Å². The molecule has 100 valence electrons. The summed E-state index contributed by atoms with van der Waals surface area (Å²) in [4.78, 5) is 7.49. The lowest BCUT2D eigenvalue weighted by molar-refractivity contribution is 0.309. The minimum Gasteiger partial charge on any atom is -0.487 e. The first-order chi connectivity index (χ1) is 9.75. The fourth-order valence-electron chi connectivity index (χ4n) is 2.17. The van der Waals surface area contributed by atoms with Crippen LogP contribution in [0.25, 0.3) is 16.6 Å². The van der Waals surface area contributed by atoms with E-state index in [1.54, 1.807) is 0 Å². The number of aromatic amines is 1. The maximum Gasteiger partial charge on any atom is 0.141 e. The Labute approximate surface area is 117 Å². The molecule has 3 aromatic rings. The number of pyridine rings is 1. The number of hydrogen-bond acceptors (Lipinski definition) is 2. The van der Waals surface area contributed by atoms with Gasteiger partial charge in [-0.2, -0.15) is 0 Å². The van der Waals surface area contributed by atoms with Crippen molar-refractivity contribution in [2.75, 3.05) is 0 Å². The zero-order valence-electron chi connectivity index (χ0n) is 11.4. The number of hydrogen-bond donors (Lipinski definition) is 1. The van der Waals surface area contributed by atoms with E-state index >= 15 is 0 Å². The molecule has 0 aliphatic carbocycles. The molecule has 0 unspecified atom stereocenters. The van der Waals surface area contributed by atoms with Crippen molar-refractivity contribution in [1.82, 2.24) is 9.97 Å². The Morgan fingerprint density at radius 1 is 1.25 bits per heavy atom. The first kappa shape index (κ1) is 12.5. The van der Waals surface area contributed by atoms with Gasteiger partial charge in [0, 0.05) is 18.0 Å². The number of nitrogens with zero attached hydrogens (tertiary/aromatic N) is 1. The molecule has 0 saturated heterocycles. The summed E-state index contributed by atoms with van der Waals surface area (Å²) in [6.07, 6.45) is 3.68. The Kier molecular flexibility index (Phi) is 3.25. The second-order valence-corrected chi connectivity index (χ2v) is 4.80. The normalized spacial score (nSPS) is 10.7. The van der Waals surface area contributed by atoms with Crippen LogP contribution in [0.2, 0.25) is 0 Å². The Morgan fingerprint density at radius 3 is 2.80 bits per heavy atom. The van der Waals surface area contributed by atoms with Crippen molar-refractivity contribution in [1.29, 1.82) is 0 Å². The Morgan fingerprint density at radius 2 is 2.05 bits per heavy atom. The zero-order chi connectivity index (χ0) is 13.9.